The van der Waals surface area contributed by atoms with E-state index in [4.69, 9.17) is 0 Å². The van der Waals surface area contributed by atoms with Crippen molar-refractivity contribution in [1.29, 1.82) is 0 Å². The smallest absolute Gasteiger partial charge is 0.227 e. The molecule has 28 heavy (non-hydrogen) atoms. The molecule has 0 spiro atoms. The molecule has 146 valence electrons. The van der Waals surface area contributed by atoms with E-state index in [1.54, 1.807) is 12.4 Å². The second kappa shape index (κ2) is 6.92. The number of halogens is 2. The normalized spacial score (nSPS) is 31.1. The second-order valence-electron chi connectivity index (χ2n) is 8.25. The van der Waals surface area contributed by atoms with Gasteiger partial charge in [-0.2, -0.15) is 0 Å². The SMILES string of the molecule is O=C(Cc1cccnc1)N1C[C@H](c2cc(F)cc(F)c2)[C@H]2[C@@H]1C1CCN2CC1. The summed E-state index contributed by atoms with van der Waals surface area (Å²) in [6.45, 7) is 2.53. The maximum atomic E-state index is 13.9. The van der Waals surface area contributed by atoms with Gasteiger partial charge in [0.05, 0.1) is 12.5 Å². The summed E-state index contributed by atoms with van der Waals surface area (Å²) in [5.41, 5.74) is 1.56. The highest BCUT2D eigenvalue weighted by atomic mass is 19.1. The Morgan fingerprint density at radius 2 is 1.86 bits per heavy atom. The lowest BCUT2D eigenvalue weighted by atomic mass is 9.75. The van der Waals surface area contributed by atoms with Crippen LogP contribution in [0, 0.1) is 17.6 Å². The van der Waals surface area contributed by atoms with E-state index >= 15 is 0 Å². The lowest BCUT2D eigenvalue weighted by molar-refractivity contribution is -0.135. The van der Waals surface area contributed by atoms with Gasteiger partial charge in [-0.05, 0) is 61.2 Å². The predicted octanol–water partition coefficient (Wildman–Crippen LogP) is 2.99. The second-order valence-corrected chi connectivity index (χ2v) is 8.25. The molecular formula is C22H23F2N3O. The number of piperidine rings is 3. The van der Waals surface area contributed by atoms with Crippen LogP contribution in [0.2, 0.25) is 0 Å². The van der Waals surface area contributed by atoms with Gasteiger partial charge >= 0.3 is 0 Å². The molecule has 1 amide bonds. The van der Waals surface area contributed by atoms with Crippen molar-refractivity contribution < 1.29 is 13.6 Å². The van der Waals surface area contributed by atoms with Crippen molar-refractivity contribution in [3.05, 3.63) is 65.5 Å². The van der Waals surface area contributed by atoms with Gasteiger partial charge in [0.1, 0.15) is 11.6 Å². The van der Waals surface area contributed by atoms with Gasteiger partial charge in [-0.1, -0.05) is 6.07 Å². The topological polar surface area (TPSA) is 36.4 Å². The van der Waals surface area contributed by atoms with Crippen molar-refractivity contribution in [3.63, 3.8) is 0 Å². The number of benzene rings is 1. The summed E-state index contributed by atoms with van der Waals surface area (Å²) < 4.78 is 27.8. The van der Waals surface area contributed by atoms with Crippen LogP contribution in [0.25, 0.3) is 0 Å². The zero-order valence-corrected chi connectivity index (χ0v) is 15.6. The van der Waals surface area contributed by atoms with Crippen LogP contribution in [0.1, 0.15) is 29.9 Å². The third-order valence-corrected chi connectivity index (χ3v) is 6.71. The molecule has 0 aliphatic carbocycles. The van der Waals surface area contributed by atoms with Crippen molar-refractivity contribution in [1.82, 2.24) is 14.8 Å². The number of hydrogen-bond acceptors (Lipinski definition) is 3. The van der Waals surface area contributed by atoms with Crippen LogP contribution >= 0.6 is 0 Å². The highest BCUT2D eigenvalue weighted by Gasteiger charge is 2.54. The molecule has 3 atom stereocenters. The van der Waals surface area contributed by atoms with Gasteiger partial charge in [-0.15, -0.1) is 0 Å². The standard InChI is InChI=1S/C22H23F2N3O/c23-17-9-16(10-18(24)11-17)19-13-27(20(28)8-14-2-1-5-25-12-14)21-15-3-6-26(7-4-15)22(19)21/h1-2,5,9-12,15,19,21-22H,3-4,6-8,13H2/t19-,21+,22+/m1/s1. The van der Waals surface area contributed by atoms with Crippen molar-refractivity contribution in [3.8, 4) is 0 Å². The summed E-state index contributed by atoms with van der Waals surface area (Å²) in [7, 11) is 0. The number of carbonyl (C=O) groups excluding carboxylic acids is 1. The van der Waals surface area contributed by atoms with Gasteiger partial charge in [0.25, 0.3) is 0 Å². The minimum absolute atomic E-state index is 0.0591. The largest absolute Gasteiger partial charge is 0.337 e. The molecular weight excluding hydrogens is 360 g/mol. The van der Waals surface area contributed by atoms with E-state index in [0.717, 1.165) is 37.6 Å². The summed E-state index contributed by atoms with van der Waals surface area (Å²) in [4.78, 5) is 21.7. The van der Waals surface area contributed by atoms with Gasteiger partial charge in [-0.25, -0.2) is 8.78 Å². The fraction of sp³-hybridized carbons (Fsp3) is 0.455. The van der Waals surface area contributed by atoms with E-state index in [9.17, 15) is 13.6 Å². The number of rotatable bonds is 3. The van der Waals surface area contributed by atoms with Gasteiger partial charge in [0.2, 0.25) is 5.91 Å². The maximum Gasteiger partial charge on any atom is 0.227 e. The number of hydrogen-bond donors (Lipinski definition) is 0. The quantitative estimate of drug-likeness (QED) is 0.818. The Morgan fingerprint density at radius 3 is 2.54 bits per heavy atom. The molecule has 0 N–H and O–H groups in total. The lowest BCUT2D eigenvalue weighted by Gasteiger charge is -2.51. The molecule has 2 aromatic rings. The van der Waals surface area contributed by atoms with Crippen molar-refractivity contribution in [2.75, 3.05) is 19.6 Å². The van der Waals surface area contributed by atoms with Crippen LogP contribution in [0.5, 0.6) is 0 Å². The Bertz CT molecular complexity index is 862. The van der Waals surface area contributed by atoms with Gasteiger partial charge in [0.15, 0.2) is 0 Å². The van der Waals surface area contributed by atoms with Crippen molar-refractivity contribution >= 4 is 5.91 Å². The van der Waals surface area contributed by atoms with Crippen LogP contribution in [-0.4, -0.2) is 52.4 Å². The summed E-state index contributed by atoms with van der Waals surface area (Å²) in [5.74, 6) is -0.617. The van der Waals surface area contributed by atoms with Crippen molar-refractivity contribution in [2.45, 2.75) is 37.3 Å². The first-order valence-electron chi connectivity index (χ1n) is 9.98. The fourth-order valence-corrected chi connectivity index (χ4v) is 5.57. The Hall–Kier alpha value is -2.34. The van der Waals surface area contributed by atoms with E-state index in [1.807, 2.05) is 17.0 Å². The van der Waals surface area contributed by atoms with E-state index in [1.165, 1.54) is 12.1 Å². The third kappa shape index (κ3) is 3.00. The Balaban J connectivity index is 1.47. The number of fused-ring (bicyclic) bond motifs is 2. The highest BCUT2D eigenvalue weighted by Crippen LogP contribution is 2.46. The third-order valence-electron chi connectivity index (χ3n) is 6.71. The van der Waals surface area contributed by atoms with Crippen LogP contribution in [0.3, 0.4) is 0 Å². The number of nitrogens with zero attached hydrogens (tertiary/aromatic N) is 3. The molecule has 1 aromatic heterocycles. The Morgan fingerprint density at radius 1 is 1.11 bits per heavy atom. The first-order chi connectivity index (χ1) is 13.6. The van der Waals surface area contributed by atoms with Crippen molar-refractivity contribution in [2.24, 2.45) is 5.92 Å². The molecule has 1 aromatic carbocycles. The molecule has 4 fully saturated rings. The number of carbonyl (C=O) groups is 1. The minimum atomic E-state index is -0.553. The molecule has 0 saturated carbocycles. The van der Waals surface area contributed by atoms with Gasteiger partial charge in [0, 0.05) is 37.0 Å². The molecule has 0 radical (unpaired) electrons. The van der Waals surface area contributed by atoms with Gasteiger partial charge < -0.3 is 4.90 Å². The number of amides is 1. The monoisotopic (exact) mass is 383 g/mol. The lowest BCUT2D eigenvalue weighted by Crippen LogP contribution is -2.60. The van der Waals surface area contributed by atoms with Gasteiger partial charge in [-0.3, -0.25) is 14.7 Å². The minimum Gasteiger partial charge on any atom is -0.337 e. The van der Waals surface area contributed by atoms with Crippen LogP contribution in [0.4, 0.5) is 8.78 Å². The molecule has 4 saturated heterocycles. The number of aromatic nitrogens is 1. The molecule has 5 heterocycles. The summed E-state index contributed by atoms with van der Waals surface area (Å²) in [6.07, 6.45) is 5.90. The van der Waals surface area contributed by atoms with E-state index in [-0.39, 0.29) is 23.9 Å². The molecule has 6 heteroatoms. The summed E-state index contributed by atoms with van der Waals surface area (Å²) in [6, 6.07) is 7.80. The van der Waals surface area contributed by atoms with E-state index in [0.29, 0.717) is 24.4 Å². The Kier molecular flexibility index (Phi) is 4.38. The molecule has 0 unspecified atom stereocenters. The van der Waals surface area contributed by atoms with E-state index < -0.39 is 11.6 Å². The first-order valence-corrected chi connectivity index (χ1v) is 9.98. The van der Waals surface area contributed by atoms with Crippen LogP contribution in [0.15, 0.2) is 42.7 Å². The molecule has 4 nitrogen and oxygen atoms in total. The highest BCUT2D eigenvalue weighted by molar-refractivity contribution is 5.79. The predicted molar refractivity (Wildman–Crippen MR) is 101 cm³/mol. The number of likely N-dealkylation sites (tertiary alicyclic amines) is 1. The maximum absolute atomic E-state index is 13.9. The zero-order chi connectivity index (χ0) is 19.3. The Labute approximate surface area is 163 Å². The summed E-state index contributed by atoms with van der Waals surface area (Å²) in [5, 5.41) is 0. The first kappa shape index (κ1) is 17.7. The molecule has 6 rings (SSSR count). The average Bonchev–Trinajstić information content (AvgIpc) is 3.12. The molecule has 2 bridgehead atoms. The fourth-order valence-electron chi connectivity index (χ4n) is 5.57. The van der Waals surface area contributed by atoms with E-state index in [2.05, 4.69) is 9.88 Å². The summed E-state index contributed by atoms with van der Waals surface area (Å²) >= 11 is 0. The zero-order valence-electron chi connectivity index (χ0n) is 15.6. The average molecular weight is 383 g/mol. The number of pyridine rings is 1. The van der Waals surface area contributed by atoms with Crippen LogP contribution < -0.4 is 0 Å². The van der Waals surface area contributed by atoms with Crippen LogP contribution in [-0.2, 0) is 11.2 Å². The molecule has 4 aliphatic rings. The molecule has 4 aliphatic heterocycles.